The number of ketones is 1. The summed E-state index contributed by atoms with van der Waals surface area (Å²) < 4.78 is 11.6. The maximum Gasteiger partial charge on any atom is 0.232 e. The molecule has 2 heterocycles. The molecule has 0 atom stereocenters. The molecule has 0 bridgehead atoms. The Balaban J connectivity index is 1.51. The van der Waals surface area contributed by atoms with Gasteiger partial charge in [-0.2, -0.15) is 0 Å². The Hall–Kier alpha value is -2.85. The molecule has 4 rings (SSSR count). The van der Waals surface area contributed by atoms with Crippen molar-refractivity contribution in [3.63, 3.8) is 0 Å². The monoisotopic (exact) mass is 362 g/mol. The molecule has 0 aliphatic carbocycles. The van der Waals surface area contributed by atoms with E-state index in [0.717, 1.165) is 16.0 Å². The first kappa shape index (κ1) is 16.6. The van der Waals surface area contributed by atoms with Gasteiger partial charge in [-0.05, 0) is 48.6 Å². The predicted molar refractivity (Wildman–Crippen MR) is 104 cm³/mol. The lowest BCUT2D eigenvalue weighted by atomic mass is 10.1. The second kappa shape index (κ2) is 6.81. The minimum absolute atomic E-state index is 0.0853. The fourth-order valence-corrected chi connectivity index (χ4v) is 3.61. The Kier molecular flexibility index (Phi) is 4.35. The highest BCUT2D eigenvalue weighted by atomic mass is 32.1. The van der Waals surface area contributed by atoms with Crippen LogP contribution in [0, 0.1) is 13.8 Å². The van der Waals surface area contributed by atoms with Crippen molar-refractivity contribution in [1.29, 1.82) is 0 Å². The van der Waals surface area contributed by atoms with Crippen molar-refractivity contribution in [2.24, 2.45) is 0 Å². The number of thiophene rings is 1. The van der Waals surface area contributed by atoms with Gasteiger partial charge in [-0.15, -0.1) is 11.3 Å². The van der Waals surface area contributed by atoms with Gasteiger partial charge in [0.1, 0.15) is 18.1 Å². The lowest BCUT2D eigenvalue weighted by molar-refractivity contribution is 0.101. The van der Waals surface area contributed by atoms with E-state index < -0.39 is 0 Å². The zero-order valence-electron chi connectivity index (χ0n) is 14.6. The smallest absolute Gasteiger partial charge is 0.232 e. The van der Waals surface area contributed by atoms with Crippen LogP contribution in [-0.2, 0) is 6.61 Å². The highest BCUT2D eigenvalue weighted by Crippen LogP contribution is 2.35. The summed E-state index contributed by atoms with van der Waals surface area (Å²) in [5.74, 6) is 1.52. The number of Topliss-reactive ketones (excluding diaryl/α,β-unsaturated/α-hetero) is 1. The van der Waals surface area contributed by atoms with Crippen LogP contribution in [0.3, 0.4) is 0 Å². The molecule has 0 radical (unpaired) electrons. The van der Waals surface area contributed by atoms with Crippen LogP contribution in [0.1, 0.15) is 31.9 Å². The number of fused-ring (bicyclic) bond motifs is 1. The van der Waals surface area contributed by atoms with E-state index in [4.69, 9.17) is 9.47 Å². The number of carbonyl (C=O) groups excluding carboxylic acids is 1. The van der Waals surface area contributed by atoms with Gasteiger partial charge in [-0.25, -0.2) is 0 Å². The molecule has 0 fully saturated rings. The van der Waals surface area contributed by atoms with Gasteiger partial charge < -0.3 is 9.47 Å². The van der Waals surface area contributed by atoms with Gasteiger partial charge in [0.15, 0.2) is 5.76 Å². The second-order valence-corrected chi connectivity index (χ2v) is 7.29. The van der Waals surface area contributed by atoms with Gasteiger partial charge in [0.25, 0.3) is 0 Å². The Morgan fingerprint density at radius 2 is 1.88 bits per heavy atom. The van der Waals surface area contributed by atoms with E-state index in [1.807, 2.05) is 42.6 Å². The van der Waals surface area contributed by atoms with E-state index in [9.17, 15) is 4.79 Å². The van der Waals surface area contributed by atoms with E-state index >= 15 is 0 Å². The van der Waals surface area contributed by atoms with Gasteiger partial charge >= 0.3 is 0 Å². The molecule has 0 N–H and O–H groups in total. The van der Waals surface area contributed by atoms with E-state index in [1.165, 1.54) is 5.56 Å². The molecule has 4 heteroatoms. The van der Waals surface area contributed by atoms with Gasteiger partial charge in [-0.3, -0.25) is 4.79 Å². The zero-order valence-corrected chi connectivity index (χ0v) is 15.4. The van der Waals surface area contributed by atoms with Gasteiger partial charge in [0.2, 0.25) is 5.78 Å². The standard InChI is InChI=1S/C22H18O3S/c1-14-3-5-16(6-4-14)13-24-17-7-8-18-19(11-17)25-20(22(18)23)12-21-15(2)9-10-26-21/h3-12H,13H2,1-2H3. The number of allylic oxidation sites excluding steroid dienone is 1. The maximum atomic E-state index is 12.5. The van der Waals surface area contributed by atoms with Crippen LogP contribution >= 0.6 is 11.3 Å². The summed E-state index contributed by atoms with van der Waals surface area (Å²) in [6.45, 7) is 4.55. The fraction of sp³-hybridized carbons (Fsp3) is 0.136. The number of hydrogen-bond donors (Lipinski definition) is 0. The SMILES string of the molecule is Cc1ccc(COc2ccc3c(c2)OC(=Cc2sccc2C)C3=O)cc1. The largest absolute Gasteiger partial charge is 0.489 e. The Bertz CT molecular complexity index is 996. The number of ether oxygens (including phenoxy) is 2. The van der Waals surface area contributed by atoms with Crippen molar-refractivity contribution < 1.29 is 14.3 Å². The highest BCUT2D eigenvalue weighted by Gasteiger charge is 2.28. The molecule has 0 saturated heterocycles. The Morgan fingerprint density at radius 3 is 2.62 bits per heavy atom. The molecule has 0 amide bonds. The summed E-state index contributed by atoms with van der Waals surface area (Å²) in [4.78, 5) is 13.6. The third-order valence-electron chi connectivity index (χ3n) is 4.33. The molecule has 1 aromatic heterocycles. The van der Waals surface area contributed by atoms with Crippen LogP contribution in [-0.4, -0.2) is 5.78 Å². The quantitative estimate of drug-likeness (QED) is 0.570. The summed E-state index contributed by atoms with van der Waals surface area (Å²) in [5.41, 5.74) is 4.03. The van der Waals surface area contributed by atoms with Crippen molar-refractivity contribution >= 4 is 23.2 Å². The summed E-state index contributed by atoms with van der Waals surface area (Å²) >= 11 is 1.59. The molecular formula is C22H18O3S. The van der Waals surface area contributed by atoms with Crippen LogP contribution < -0.4 is 9.47 Å². The average molecular weight is 362 g/mol. The molecule has 3 nitrogen and oxygen atoms in total. The third-order valence-corrected chi connectivity index (χ3v) is 5.30. The summed E-state index contributed by atoms with van der Waals surface area (Å²) in [6, 6.07) is 15.6. The molecule has 130 valence electrons. The lowest BCUT2D eigenvalue weighted by Crippen LogP contribution is -1.97. The minimum Gasteiger partial charge on any atom is -0.489 e. The summed E-state index contributed by atoms with van der Waals surface area (Å²) in [7, 11) is 0. The van der Waals surface area contributed by atoms with Crippen molar-refractivity contribution in [3.8, 4) is 11.5 Å². The van der Waals surface area contributed by atoms with E-state index in [1.54, 1.807) is 23.5 Å². The van der Waals surface area contributed by atoms with Crippen LogP contribution in [0.4, 0.5) is 0 Å². The Morgan fingerprint density at radius 1 is 1.08 bits per heavy atom. The molecule has 1 aliphatic rings. The van der Waals surface area contributed by atoms with Crippen molar-refractivity contribution in [1.82, 2.24) is 0 Å². The van der Waals surface area contributed by atoms with Crippen molar-refractivity contribution in [2.45, 2.75) is 20.5 Å². The van der Waals surface area contributed by atoms with Crippen LogP contribution in [0.2, 0.25) is 0 Å². The topological polar surface area (TPSA) is 35.5 Å². The molecule has 3 aromatic rings. The van der Waals surface area contributed by atoms with E-state index in [0.29, 0.717) is 29.4 Å². The molecule has 1 aliphatic heterocycles. The second-order valence-electron chi connectivity index (χ2n) is 6.34. The molecular weight excluding hydrogens is 344 g/mol. The summed E-state index contributed by atoms with van der Waals surface area (Å²) in [6.07, 6.45) is 1.81. The maximum absolute atomic E-state index is 12.5. The number of aryl methyl sites for hydroxylation is 2. The molecule has 0 saturated carbocycles. The number of hydrogen-bond acceptors (Lipinski definition) is 4. The minimum atomic E-state index is -0.0853. The highest BCUT2D eigenvalue weighted by molar-refractivity contribution is 7.11. The van der Waals surface area contributed by atoms with Crippen LogP contribution in [0.5, 0.6) is 11.5 Å². The van der Waals surface area contributed by atoms with Gasteiger partial charge in [-0.1, -0.05) is 29.8 Å². The number of rotatable bonds is 4. The Labute approximate surface area is 156 Å². The first-order chi connectivity index (χ1) is 12.6. The lowest BCUT2D eigenvalue weighted by Gasteiger charge is -2.07. The third kappa shape index (κ3) is 3.28. The average Bonchev–Trinajstić information content (AvgIpc) is 3.18. The summed E-state index contributed by atoms with van der Waals surface area (Å²) in [5, 5.41) is 2.01. The molecule has 26 heavy (non-hydrogen) atoms. The molecule has 0 unspecified atom stereocenters. The number of carbonyl (C=O) groups is 1. The normalized spacial score (nSPS) is 14.4. The zero-order chi connectivity index (χ0) is 18.1. The van der Waals surface area contributed by atoms with Crippen LogP contribution in [0.15, 0.2) is 59.7 Å². The number of benzene rings is 2. The van der Waals surface area contributed by atoms with Crippen molar-refractivity contribution in [2.75, 3.05) is 0 Å². The molecule has 2 aromatic carbocycles. The first-order valence-electron chi connectivity index (χ1n) is 8.41. The predicted octanol–water partition coefficient (Wildman–Crippen LogP) is 5.56. The van der Waals surface area contributed by atoms with Gasteiger partial charge in [0, 0.05) is 17.0 Å². The van der Waals surface area contributed by atoms with Gasteiger partial charge in [0.05, 0.1) is 5.56 Å². The molecule has 0 spiro atoms. The van der Waals surface area contributed by atoms with E-state index in [2.05, 4.69) is 19.1 Å². The fourth-order valence-electron chi connectivity index (χ4n) is 2.76. The van der Waals surface area contributed by atoms with Crippen molar-refractivity contribution in [3.05, 3.63) is 86.8 Å². The first-order valence-corrected chi connectivity index (χ1v) is 9.29. The van der Waals surface area contributed by atoms with E-state index in [-0.39, 0.29) is 5.78 Å². The van der Waals surface area contributed by atoms with Crippen LogP contribution in [0.25, 0.3) is 6.08 Å².